The number of nitrogens with zero attached hydrogens (tertiary/aromatic N) is 2. The first-order valence-corrected chi connectivity index (χ1v) is 9.88. The van der Waals surface area contributed by atoms with Crippen LogP contribution in [-0.2, 0) is 28.1 Å². The van der Waals surface area contributed by atoms with Gasteiger partial charge in [0.2, 0.25) is 5.91 Å². The van der Waals surface area contributed by atoms with Crippen LogP contribution < -0.4 is 5.32 Å². The van der Waals surface area contributed by atoms with Crippen molar-refractivity contribution in [2.24, 2.45) is 0 Å². The van der Waals surface area contributed by atoms with Gasteiger partial charge >= 0.3 is 6.03 Å². The van der Waals surface area contributed by atoms with Crippen LogP contribution in [-0.4, -0.2) is 41.2 Å². The third kappa shape index (κ3) is 3.02. The predicted molar refractivity (Wildman–Crippen MR) is 102 cm³/mol. The molecule has 7 heteroatoms. The molecule has 0 bridgehead atoms. The zero-order valence-corrected chi connectivity index (χ0v) is 15.9. The third-order valence-electron chi connectivity index (χ3n) is 5.34. The molecule has 1 aliphatic carbocycles. The van der Waals surface area contributed by atoms with E-state index in [2.05, 4.69) is 5.32 Å². The number of nitrogens with one attached hydrogen (secondary N) is 1. The molecular formula is C20H21N3O3S. The molecule has 4 rings (SSSR count). The number of thiophene rings is 1. The summed E-state index contributed by atoms with van der Waals surface area (Å²) in [6, 6.07) is 11.1. The molecule has 2 aromatic rings. The minimum absolute atomic E-state index is 0.240. The maximum Gasteiger partial charge on any atom is 0.325 e. The van der Waals surface area contributed by atoms with Crippen molar-refractivity contribution in [1.29, 1.82) is 0 Å². The smallest absolute Gasteiger partial charge is 0.325 e. The van der Waals surface area contributed by atoms with Crippen LogP contribution in [0.2, 0.25) is 0 Å². The van der Waals surface area contributed by atoms with Gasteiger partial charge in [-0.1, -0.05) is 30.3 Å². The molecule has 1 N–H and O–H groups in total. The van der Waals surface area contributed by atoms with Crippen molar-refractivity contribution in [3.8, 4) is 0 Å². The summed E-state index contributed by atoms with van der Waals surface area (Å²) >= 11 is 1.57. The summed E-state index contributed by atoms with van der Waals surface area (Å²) in [5.41, 5.74) is 0.912. The van der Waals surface area contributed by atoms with Crippen molar-refractivity contribution >= 4 is 29.2 Å². The quantitative estimate of drug-likeness (QED) is 0.825. The summed E-state index contributed by atoms with van der Waals surface area (Å²) in [6.07, 6.45) is 2.27. The van der Waals surface area contributed by atoms with Gasteiger partial charge in [0.15, 0.2) is 0 Å². The lowest BCUT2D eigenvalue weighted by Gasteiger charge is -2.33. The summed E-state index contributed by atoms with van der Waals surface area (Å²) in [5.74, 6) is -0.578. The second-order valence-corrected chi connectivity index (χ2v) is 8.10. The number of urea groups is 1. The number of carbonyl (C=O) groups is 3. The highest BCUT2D eigenvalue weighted by molar-refractivity contribution is 7.09. The molecule has 1 aromatic carbocycles. The second-order valence-electron chi connectivity index (χ2n) is 7.07. The molecule has 1 spiro atoms. The van der Waals surface area contributed by atoms with E-state index in [0.29, 0.717) is 13.0 Å². The number of rotatable bonds is 4. The Morgan fingerprint density at radius 1 is 1.26 bits per heavy atom. The zero-order valence-electron chi connectivity index (χ0n) is 15.1. The Hall–Kier alpha value is -2.67. The van der Waals surface area contributed by atoms with E-state index in [4.69, 9.17) is 0 Å². The number of imide groups is 1. The van der Waals surface area contributed by atoms with E-state index >= 15 is 0 Å². The second kappa shape index (κ2) is 6.81. The van der Waals surface area contributed by atoms with Crippen molar-refractivity contribution in [3.63, 3.8) is 0 Å². The summed E-state index contributed by atoms with van der Waals surface area (Å²) in [5, 5.41) is 4.84. The van der Waals surface area contributed by atoms with Crippen LogP contribution in [0.1, 0.15) is 28.8 Å². The Morgan fingerprint density at radius 2 is 2.07 bits per heavy atom. The van der Waals surface area contributed by atoms with Gasteiger partial charge in [0.05, 0.1) is 6.54 Å². The number of aryl methyl sites for hydroxylation is 1. The standard InChI is InChI=1S/C20H21N3O3S/c1-22(12-15-8-5-11-27-15)17(24)13-23-18(25)20(21-19(23)26)10-4-7-14-6-2-3-9-16(14)20/h2-3,5-6,8-9,11H,4,7,10,12-13H2,1H3,(H,21,26)/t20-/m1/s1. The van der Waals surface area contributed by atoms with E-state index in [1.54, 1.807) is 23.3 Å². The van der Waals surface area contributed by atoms with Gasteiger partial charge in [0, 0.05) is 11.9 Å². The molecule has 2 heterocycles. The van der Waals surface area contributed by atoms with Gasteiger partial charge in [-0.2, -0.15) is 0 Å². The Bertz CT molecular complexity index is 896. The molecule has 1 aromatic heterocycles. The van der Waals surface area contributed by atoms with E-state index in [9.17, 15) is 14.4 Å². The number of fused-ring (bicyclic) bond motifs is 2. The topological polar surface area (TPSA) is 69.7 Å². The molecule has 0 unspecified atom stereocenters. The van der Waals surface area contributed by atoms with E-state index < -0.39 is 11.6 Å². The van der Waals surface area contributed by atoms with E-state index in [-0.39, 0.29) is 18.4 Å². The van der Waals surface area contributed by atoms with Gasteiger partial charge in [0.25, 0.3) is 5.91 Å². The van der Waals surface area contributed by atoms with Crippen LogP contribution in [0, 0.1) is 0 Å². The van der Waals surface area contributed by atoms with Gasteiger partial charge in [-0.3, -0.25) is 14.5 Å². The molecule has 1 aliphatic heterocycles. The molecule has 0 radical (unpaired) electrons. The average molecular weight is 383 g/mol. The molecule has 1 saturated heterocycles. The third-order valence-corrected chi connectivity index (χ3v) is 6.20. The molecule has 0 saturated carbocycles. The van der Waals surface area contributed by atoms with Gasteiger partial charge in [-0.25, -0.2) is 4.79 Å². The van der Waals surface area contributed by atoms with Crippen LogP contribution in [0.3, 0.4) is 0 Å². The summed E-state index contributed by atoms with van der Waals surface area (Å²) in [6.45, 7) is 0.227. The van der Waals surface area contributed by atoms with Gasteiger partial charge in [-0.15, -0.1) is 11.3 Å². The molecule has 1 atom stereocenters. The molecule has 6 nitrogen and oxygen atoms in total. The lowest BCUT2D eigenvalue weighted by Crippen LogP contribution is -2.47. The molecule has 4 amide bonds. The Kier molecular flexibility index (Phi) is 4.47. The maximum absolute atomic E-state index is 13.2. The number of hydrogen-bond donors (Lipinski definition) is 1. The van der Waals surface area contributed by atoms with Gasteiger partial charge in [-0.05, 0) is 41.8 Å². The van der Waals surface area contributed by atoms with E-state index in [0.717, 1.165) is 33.7 Å². The van der Waals surface area contributed by atoms with Crippen molar-refractivity contribution in [2.75, 3.05) is 13.6 Å². The summed E-state index contributed by atoms with van der Waals surface area (Å²) in [7, 11) is 1.69. The number of benzene rings is 1. The monoisotopic (exact) mass is 383 g/mol. The minimum atomic E-state index is -1.03. The van der Waals surface area contributed by atoms with Crippen LogP contribution in [0.25, 0.3) is 0 Å². The van der Waals surface area contributed by atoms with Crippen molar-refractivity contribution in [2.45, 2.75) is 31.3 Å². The highest BCUT2D eigenvalue weighted by Gasteiger charge is 2.54. The number of likely N-dealkylation sites (N-methyl/N-ethyl adjacent to an activating group) is 1. The van der Waals surface area contributed by atoms with E-state index in [1.807, 2.05) is 41.8 Å². The molecular weight excluding hydrogens is 362 g/mol. The first-order valence-electron chi connectivity index (χ1n) is 9.00. The fourth-order valence-corrected chi connectivity index (χ4v) is 4.69. The molecule has 140 valence electrons. The SMILES string of the molecule is CN(Cc1cccs1)C(=O)CN1C(=O)N[C@@]2(CCCc3ccccc32)C1=O. The lowest BCUT2D eigenvalue weighted by molar-refractivity contribution is -0.139. The zero-order chi connectivity index (χ0) is 19.0. The number of carbonyl (C=O) groups excluding carboxylic acids is 3. The summed E-state index contributed by atoms with van der Waals surface area (Å²) < 4.78 is 0. The van der Waals surface area contributed by atoms with Crippen molar-refractivity contribution in [3.05, 3.63) is 57.8 Å². The van der Waals surface area contributed by atoms with Crippen molar-refractivity contribution < 1.29 is 14.4 Å². The van der Waals surface area contributed by atoms with E-state index in [1.165, 1.54) is 0 Å². The number of amides is 4. The highest BCUT2D eigenvalue weighted by atomic mass is 32.1. The Morgan fingerprint density at radius 3 is 2.85 bits per heavy atom. The maximum atomic E-state index is 13.2. The Balaban J connectivity index is 1.53. The predicted octanol–water partition coefficient (Wildman–Crippen LogP) is 2.49. The summed E-state index contributed by atoms with van der Waals surface area (Å²) in [4.78, 5) is 42.0. The van der Waals surface area contributed by atoms with Crippen molar-refractivity contribution in [1.82, 2.24) is 15.1 Å². The normalized spacial score (nSPS) is 21.3. The molecule has 2 aliphatic rings. The molecule has 1 fully saturated rings. The highest BCUT2D eigenvalue weighted by Crippen LogP contribution is 2.39. The fourth-order valence-electron chi connectivity index (χ4n) is 3.94. The van der Waals surface area contributed by atoms with Crippen LogP contribution in [0.15, 0.2) is 41.8 Å². The lowest BCUT2D eigenvalue weighted by atomic mass is 9.76. The van der Waals surface area contributed by atoms with Crippen LogP contribution >= 0.6 is 11.3 Å². The van der Waals surface area contributed by atoms with Gasteiger partial charge in [0.1, 0.15) is 12.1 Å². The Labute approximate surface area is 161 Å². The average Bonchev–Trinajstić information content (AvgIpc) is 3.25. The van der Waals surface area contributed by atoms with Gasteiger partial charge < -0.3 is 10.2 Å². The largest absolute Gasteiger partial charge is 0.339 e. The molecule has 27 heavy (non-hydrogen) atoms. The fraction of sp³-hybridized carbons (Fsp3) is 0.350. The first-order chi connectivity index (χ1) is 13.0. The minimum Gasteiger partial charge on any atom is -0.339 e. The van der Waals surface area contributed by atoms with Crippen LogP contribution in [0.4, 0.5) is 4.79 Å². The first kappa shape index (κ1) is 17.7. The van der Waals surface area contributed by atoms with Crippen LogP contribution in [0.5, 0.6) is 0 Å². The number of hydrogen-bond acceptors (Lipinski definition) is 4.